The van der Waals surface area contributed by atoms with Gasteiger partial charge in [0.25, 0.3) is 0 Å². The van der Waals surface area contributed by atoms with Crippen molar-refractivity contribution in [3.05, 3.63) is 29.3 Å². The summed E-state index contributed by atoms with van der Waals surface area (Å²) in [7, 11) is 0. The molecule has 0 aliphatic carbocycles. The first-order chi connectivity index (χ1) is 8.81. The summed E-state index contributed by atoms with van der Waals surface area (Å²) in [4.78, 5) is 0. The molecular formula is C17H24O. The maximum absolute atomic E-state index is 5.67. The van der Waals surface area contributed by atoms with Crippen molar-refractivity contribution in [1.82, 2.24) is 0 Å². The molecule has 0 bridgehead atoms. The highest BCUT2D eigenvalue weighted by molar-refractivity contribution is 5.38. The molecule has 0 aliphatic rings. The summed E-state index contributed by atoms with van der Waals surface area (Å²) < 4.78 is 5.67. The molecule has 0 radical (unpaired) electrons. The summed E-state index contributed by atoms with van der Waals surface area (Å²) >= 11 is 0. The number of ether oxygens (including phenoxy) is 1. The maximum atomic E-state index is 5.67. The van der Waals surface area contributed by atoms with Crippen LogP contribution in [0, 0.1) is 11.8 Å². The first-order valence-corrected chi connectivity index (χ1v) is 7.02. The molecule has 1 aromatic rings. The van der Waals surface area contributed by atoms with Crippen LogP contribution in [0.1, 0.15) is 51.2 Å². The number of hydrogen-bond acceptors (Lipinski definition) is 1. The summed E-state index contributed by atoms with van der Waals surface area (Å²) in [5.74, 6) is 7.45. The summed E-state index contributed by atoms with van der Waals surface area (Å²) in [5.41, 5.74) is 2.66. The standard InChI is InChI=1S/C17H24O/c1-4-7-8-9-10-11-16-14-15(5-2)12-13-17(16)18-6-3/h12-14H,4-7,10-11H2,1-3H3. The van der Waals surface area contributed by atoms with Gasteiger partial charge in [0, 0.05) is 12.8 Å². The molecule has 0 saturated carbocycles. The monoisotopic (exact) mass is 244 g/mol. The Balaban J connectivity index is 2.68. The van der Waals surface area contributed by atoms with Crippen molar-refractivity contribution in [3.8, 4) is 17.6 Å². The van der Waals surface area contributed by atoms with Gasteiger partial charge in [-0.3, -0.25) is 0 Å². The van der Waals surface area contributed by atoms with E-state index in [0.29, 0.717) is 0 Å². The largest absolute Gasteiger partial charge is 0.494 e. The van der Waals surface area contributed by atoms with Crippen molar-refractivity contribution in [2.45, 2.75) is 52.9 Å². The Morgan fingerprint density at radius 1 is 1.06 bits per heavy atom. The van der Waals surface area contributed by atoms with Crippen LogP contribution in [0.5, 0.6) is 5.75 Å². The molecular weight excluding hydrogens is 220 g/mol. The van der Waals surface area contributed by atoms with E-state index in [1.807, 2.05) is 6.92 Å². The maximum Gasteiger partial charge on any atom is 0.122 e. The van der Waals surface area contributed by atoms with Crippen LogP contribution in [0.3, 0.4) is 0 Å². The molecule has 18 heavy (non-hydrogen) atoms. The zero-order valence-corrected chi connectivity index (χ0v) is 11.9. The Bertz CT molecular complexity index is 409. The molecule has 0 aromatic heterocycles. The van der Waals surface area contributed by atoms with E-state index in [-0.39, 0.29) is 0 Å². The van der Waals surface area contributed by atoms with Crippen molar-refractivity contribution in [1.29, 1.82) is 0 Å². The highest BCUT2D eigenvalue weighted by atomic mass is 16.5. The third-order valence-corrected chi connectivity index (χ3v) is 2.85. The van der Waals surface area contributed by atoms with Crippen LogP contribution < -0.4 is 4.74 Å². The molecule has 98 valence electrons. The molecule has 0 spiro atoms. The SMILES string of the molecule is CCCC#CCCc1cc(CC)ccc1OCC. The molecule has 0 unspecified atom stereocenters. The van der Waals surface area contributed by atoms with Crippen LogP contribution in [0.2, 0.25) is 0 Å². The van der Waals surface area contributed by atoms with Gasteiger partial charge in [-0.05, 0) is 43.4 Å². The van der Waals surface area contributed by atoms with Gasteiger partial charge < -0.3 is 4.74 Å². The number of aryl methyl sites for hydroxylation is 2. The van der Waals surface area contributed by atoms with Crippen LogP contribution in [0.15, 0.2) is 18.2 Å². The minimum absolute atomic E-state index is 0.722. The van der Waals surface area contributed by atoms with Crippen LogP contribution >= 0.6 is 0 Å². The number of unbranched alkanes of at least 4 members (excludes halogenated alkanes) is 1. The normalized spacial score (nSPS) is 9.72. The average Bonchev–Trinajstić information content (AvgIpc) is 2.40. The third kappa shape index (κ3) is 4.84. The number of benzene rings is 1. The second-order valence-corrected chi connectivity index (χ2v) is 4.33. The van der Waals surface area contributed by atoms with Crippen molar-refractivity contribution < 1.29 is 4.74 Å². The second-order valence-electron chi connectivity index (χ2n) is 4.33. The third-order valence-electron chi connectivity index (χ3n) is 2.85. The lowest BCUT2D eigenvalue weighted by Gasteiger charge is -2.10. The fourth-order valence-corrected chi connectivity index (χ4v) is 1.84. The first kappa shape index (κ1) is 14.6. The minimum Gasteiger partial charge on any atom is -0.494 e. The van der Waals surface area contributed by atoms with Gasteiger partial charge in [0.05, 0.1) is 6.61 Å². The predicted octanol–water partition coefficient (Wildman–Crippen LogP) is 4.38. The molecule has 1 nitrogen and oxygen atoms in total. The molecule has 0 heterocycles. The van der Waals surface area contributed by atoms with E-state index >= 15 is 0 Å². The zero-order valence-electron chi connectivity index (χ0n) is 11.9. The van der Waals surface area contributed by atoms with Crippen LogP contribution in [0.25, 0.3) is 0 Å². The van der Waals surface area contributed by atoms with Gasteiger partial charge in [0.2, 0.25) is 0 Å². The Hall–Kier alpha value is -1.42. The number of rotatable bonds is 6. The summed E-state index contributed by atoms with van der Waals surface area (Å²) in [6.07, 6.45) is 5.13. The van der Waals surface area contributed by atoms with Crippen molar-refractivity contribution in [2.75, 3.05) is 6.61 Å². The van der Waals surface area contributed by atoms with Gasteiger partial charge in [0.15, 0.2) is 0 Å². The van der Waals surface area contributed by atoms with Gasteiger partial charge in [0.1, 0.15) is 5.75 Å². The Kier molecular flexibility index (Phi) is 7.03. The van der Waals surface area contributed by atoms with E-state index in [0.717, 1.165) is 44.5 Å². The predicted molar refractivity (Wildman–Crippen MR) is 78.0 cm³/mol. The fraction of sp³-hybridized carbons (Fsp3) is 0.529. The lowest BCUT2D eigenvalue weighted by Crippen LogP contribution is -1.98. The van der Waals surface area contributed by atoms with Crippen molar-refractivity contribution in [3.63, 3.8) is 0 Å². The average molecular weight is 244 g/mol. The molecule has 0 amide bonds. The lowest BCUT2D eigenvalue weighted by molar-refractivity contribution is 0.336. The van der Waals surface area contributed by atoms with Gasteiger partial charge in [-0.15, -0.1) is 11.8 Å². The highest BCUT2D eigenvalue weighted by Gasteiger charge is 2.03. The van der Waals surface area contributed by atoms with Crippen LogP contribution in [0.4, 0.5) is 0 Å². The molecule has 1 aromatic carbocycles. The molecule has 0 saturated heterocycles. The summed E-state index contributed by atoms with van der Waals surface area (Å²) in [5, 5.41) is 0. The first-order valence-electron chi connectivity index (χ1n) is 7.02. The Morgan fingerprint density at radius 3 is 2.50 bits per heavy atom. The smallest absolute Gasteiger partial charge is 0.122 e. The van der Waals surface area contributed by atoms with Gasteiger partial charge >= 0.3 is 0 Å². The van der Waals surface area contributed by atoms with Crippen LogP contribution in [-0.4, -0.2) is 6.61 Å². The minimum atomic E-state index is 0.722. The number of hydrogen-bond donors (Lipinski definition) is 0. The Labute approximate surface area is 112 Å². The van der Waals surface area contributed by atoms with Gasteiger partial charge in [-0.25, -0.2) is 0 Å². The lowest BCUT2D eigenvalue weighted by atomic mass is 10.0. The van der Waals surface area contributed by atoms with E-state index in [4.69, 9.17) is 4.74 Å². The molecule has 1 heteroatoms. The fourth-order valence-electron chi connectivity index (χ4n) is 1.84. The van der Waals surface area contributed by atoms with Crippen LogP contribution in [-0.2, 0) is 12.8 Å². The highest BCUT2D eigenvalue weighted by Crippen LogP contribution is 2.22. The van der Waals surface area contributed by atoms with E-state index < -0.39 is 0 Å². The van der Waals surface area contributed by atoms with Gasteiger partial charge in [-0.2, -0.15) is 0 Å². The molecule has 1 rings (SSSR count). The molecule has 0 aliphatic heterocycles. The summed E-state index contributed by atoms with van der Waals surface area (Å²) in [6, 6.07) is 6.50. The quantitative estimate of drug-likeness (QED) is 0.675. The zero-order chi connectivity index (χ0) is 13.2. The van der Waals surface area contributed by atoms with E-state index in [1.165, 1.54) is 11.1 Å². The second kappa shape index (κ2) is 8.64. The Morgan fingerprint density at radius 2 is 1.83 bits per heavy atom. The summed E-state index contributed by atoms with van der Waals surface area (Å²) in [6.45, 7) is 7.09. The molecule has 0 atom stereocenters. The van der Waals surface area contributed by atoms with Crippen molar-refractivity contribution in [2.24, 2.45) is 0 Å². The van der Waals surface area contributed by atoms with E-state index in [1.54, 1.807) is 0 Å². The molecule has 0 fully saturated rings. The topological polar surface area (TPSA) is 9.23 Å². The van der Waals surface area contributed by atoms with Gasteiger partial charge in [-0.1, -0.05) is 26.0 Å². The van der Waals surface area contributed by atoms with E-state index in [9.17, 15) is 0 Å². The van der Waals surface area contributed by atoms with Crippen molar-refractivity contribution >= 4 is 0 Å². The molecule has 0 N–H and O–H groups in total. The van der Waals surface area contributed by atoms with E-state index in [2.05, 4.69) is 43.9 Å².